The number of rotatable bonds is 13. The van der Waals surface area contributed by atoms with Crippen LogP contribution in [0.15, 0.2) is 91.0 Å². The van der Waals surface area contributed by atoms with Gasteiger partial charge in [0.15, 0.2) is 0 Å². The first-order chi connectivity index (χ1) is 19.9. The Labute approximate surface area is 247 Å². The number of benzene rings is 3. The summed E-state index contributed by atoms with van der Waals surface area (Å²) in [5.74, 6) is -2.26. The number of nitrogens with two attached hydrogens (primary N) is 2. The lowest BCUT2D eigenvalue weighted by Gasteiger charge is -2.37. The fraction of sp³-hybridized carbons (Fsp3) is 0.333. The normalized spacial score (nSPS) is 13.0. The Morgan fingerprint density at radius 1 is 0.738 bits per heavy atom. The summed E-state index contributed by atoms with van der Waals surface area (Å²) in [6, 6.07) is 26.8. The van der Waals surface area contributed by atoms with Crippen molar-refractivity contribution >= 4 is 23.7 Å². The molecule has 0 saturated heterocycles. The minimum Gasteiger partial charge on any atom is -0.458 e. The molecule has 0 aromatic heterocycles. The van der Waals surface area contributed by atoms with Crippen molar-refractivity contribution in [1.29, 1.82) is 0 Å². The van der Waals surface area contributed by atoms with Gasteiger partial charge in [0.25, 0.3) is 0 Å². The van der Waals surface area contributed by atoms with Crippen molar-refractivity contribution in [2.45, 2.75) is 69.7 Å². The number of carbonyl (C=O) groups is 4. The van der Waals surface area contributed by atoms with Gasteiger partial charge in [0, 0.05) is 12.8 Å². The first-order valence-corrected chi connectivity index (χ1v) is 14.0. The van der Waals surface area contributed by atoms with E-state index in [0.717, 1.165) is 16.7 Å². The molecule has 3 aromatic rings. The largest absolute Gasteiger partial charge is 0.458 e. The number of hydrogen-bond donors (Lipinski definition) is 4. The lowest BCUT2D eigenvalue weighted by Crippen LogP contribution is -2.51. The van der Waals surface area contributed by atoms with Crippen molar-refractivity contribution in [3.05, 3.63) is 108 Å². The van der Waals surface area contributed by atoms with Gasteiger partial charge in [0.1, 0.15) is 17.2 Å². The second kappa shape index (κ2) is 14.4. The van der Waals surface area contributed by atoms with E-state index in [1.54, 1.807) is 20.8 Å². The summed E-state index contributed by atoms with van der Waals surface area (Å²) in [5.41, 5.74) is 12.2. The second-order valence-corrected chi connectivity index (χ2v) is 11.1. The van der Waals surface area contributed by atoms with Crippen LogP contribution in [0, 0.1) is 0 Å². The molecule has 0 spiro atoms. The van der Waals surface area contributed by atoms with Crippen LogP contribution in [0.3, 0.4) is 0 Å². The van der Waals surface area contributed by atoms with E-state index >= 15 is 0 Å². The molecule has 9 nitrogen and oxygen atoms in total. The molecule has 3 rings (SSSR count). The summed E-state index contributed by atoms with van der Waals surface area (Å²) in [4.78, 5) is 50.5. The van der Waals surface area contributed by atoms with Crippen molar-refractivity contribution in [3.63, 3.8) is 0 Å². The van der Waals surface area contributed by atoms with E-state index in [2.05, 4.69) is 10.6 Å². The SMILES string of the molecule is CC(C)(C)OC(=O)[C@H](CCC(N)=O)NC(=O)[C@@H](N)CCC(=O)NC(c1ccccc1)(c1ccccc1)c1ccccc1. The molecule has 0 aliphatic carbocycles. The number of primary amides is 1. The van der Waals surface area contributed by atoms with Crippen LogP contribution in [0.25, 0.3) is 0 Å². The summed E-state index contributed by atoms with van der Waals surface area (Å²) in [5, 5.41) is 5.81. The topological polar surface area (TPSA) is 154 Å². The van der Waals surface area contributed by atoms with Crippen LogP contribution in [-0.4, -0.2) is 41.4 Å². The summed E-state index contributed by atoms with van der Waals surface area (Å²) in [6.45, 7) is 5.09. The molecule has 2 atom stereocenters. The van der Waals surface area contributed by atoms with E-state index in [-0.39, 0.29) is 31.6 Å². The molecule has 42 heavy (non-hydrogen) atoms. The summed E-state index contributed by atoms with van der Waals surface area (Å²) >= 11 is 0. The summed E-state index contributed by atoms with van der Waals surface area (Å²) < 4.78 is 5.38. The minimum atomic E-state index is -1.11. The lowest BCUT2D eigenvalue weighted by molar-refractivity contribution is -0.159. The number of carbonyl (C=O) groups excluding carboxylic acids is 4. The predicted molar refractivity (Wildman–Crippen MR) is 161 cm³/mol. The Hall–Kier alpha value is -4.50. The zero-order chi connectivity index (χ0) is 30.8. The van der Waals surface area contributed by atoms with Crippen LogP contribution in [0.4, 0.5) is 0 Å². The number of esters is 1. The molecule has 9 heteroatoms. The van der Waals surface area contributed by atoms with Crippen LogP contribution in [-0.2, 0) is 29.5 Å². The minimum absolute atomic E-state index is 0.0168. The molecule has 222 valence electrons. The van der Waals surface area contributed by atoms with E-state index in [1.807, 2.05) is 91.0 Å². The number of hydrogen-bond acceptors (Lipinski definition) is 6. The number of amides is 3. The Kier molecular flexibility index (Phi) is 11.0. The Bertz CT molecular complexity index is 1240. The van der Waals surface area contributed by atoms with Crippen molar-refractivity contribution in [3.8, 4) is 0 Å². The molecule has 0 saturated carbocycles. The van der Waals surface area contributed by atoms with E-state index in [9.17, 15) is 19.2 Å². The van der Waals surface area contributed by atoms with Gasteiger partial charge in [-0.25, -0.2) is 4.79 Å². The quantitative estimate of drug-likeness (QED) is 0.182. The molecule has 0 heterocycles. The van der Waals surface area contributed by atoms with Gasteiger partial charge in [-0.2, -0.15) is 0 Å². The van der Waals surface area contributed by atoms with Crippen LogP contribution >= 0.6 is 0 Å². The van der Waals surface area contributed by atoms with Crippen molar-refractivity contribution in [2.24, 2.45) is 11.5 Å². The van der Waals surface area contributed by atoms with Crippen LogP contribution in [0.5, 0.6) is 0 Å². The molecule has 0 bridgehead atoms. The van der Waals surface area contributed by atoms with Crippen LogP contribution < -0.4 is 22.1 Å². The fourth-order valence-corrected chi connectivity index (χ4v) is 4.66. The van der Waals surface area contributed by atoms with Crippen molar-refractivity contribution < 1.29 is 23.9 Å². The van der Waals surface area contributed by atoms with Gasteiger partial charge in [0.2, 0.25) is 17.7 Å². The standard InChI is InChI=1S/C33H40N4O5/c1-32(2,3)42-31(41)27(20-21-28(35)38)36-30(40)26(34)19-22-29(39)37-33(23-13-7-4-8-14-23,24-15-9-5-10-16-24)25-17-11-6-12-18-25/h4-18,26-27H,19-22,34H2,1-3H3,(H2,35,38)(H,36,40)(H,37,39)/t26-,27-/m0/s1. The van der Waals surface area contributed by atoms with E-state index in [0.29, 0.717) is 0 Å². The molecule has 0 aliphatic rings. The monoisotopic (exact) mass is 572 g/mol. The van der Waals surface area contributed by atoms with Crippen LogP contribution in [0.2, 0.25) is 0 Å². The maximum atomic E-state index is 13.5. The van der Waals surface area contributed by atoms with E-state index in [1.165, 1.54) is 0 Å². The lowest BCUT2D eigenvalue weighted by atomic mass is 9.77. The molecule has 0 aliphatic heterocycles. The summed E-state index contributed by atoms with van der Waals surface area (Å²) in [7, 11) is 0. The molecule has 0 unspecified atom stereocenters. The van der Waals surface area contributed by atoms with Gasteiger partial charge in [-0.3, -0.25) is 14.4 Å². The molecule has 0 fully saturated rings. The van der Waals surface area contributed by atoms with E-state index < -0.39 is 41.0 Å². The van der Waals surface area contributed by atoms with Crippen LogP contribution in [0.1, 0.15) is 63.1 Å². The fourth-order valence-electron chi connectivity index (χ4n) is 4.66. The van der Waals surface area contributed by atoms with Crippen molar-refractivity contribution in [1.82, 2.24) is 10.6 Å². The maximum Gasteiger partial charge on any atom is 0.329 e. The molecule has 3 amide bonds. The Balaban J connectivity index is 1.78. The highest BCUT2D eigenvalue weighted by atomic mass is 16.6. The maximum absolute atomic E-state index is 13.5. The zero-order valence-corrected chi connectivity index (χ0v) is 24.3. The number of ether oxygens (including phenoxy) is 1. The van der Waals surface area contributed by atoms with E-state index in [4.69, 9.17) is 16.2 Å². The van der Waals surface area contributed by atoms with Gasteiger partial charge in [-0.05, 0) is 50.3 Å². The van der Waals surface area contributed by atoms with Gasteiger partial charge < -0.3 is 26.8 Å². The molecule has 3 aromatic carbocycles. The highest BCUT2D eigenvalue weighted by Crippen LogP contribution is 2.36. The Morgan fingerprint density at radius 3 is 1.60 bits per heavy atom. The third kappa shape index (κ3) is 8.75. The van der Waals surface area contributed by atoms with Crippen molar-refractivity contribution in [2.75, 3.05) is 0 Å². The molecule has 6 N–H and O–H groups in total. The average Bonchev–Trinajstić information content (AvgIpc) is 2.97. The number of nitrogens with one attached hydrogen (secondary N) is 2. The first-order valence-electron chi connectivity index (χ1n) is 14.0. The van der Waals surface area contributed by atoms with Gasteiger partial charge in [0.05, 0.1) is 6.04 Å². The van der Waals surface area contributed by atoms with Gasteiger partial charge >= 0.3 is 5.97 Å². The summed E-state index contributed by atoms with van der Waals surface area (Å²) in [6.07, 6.45) is -0.191. The zero-order valence-electron chi connectivity index (χ0n) is 24.3. The third-order valence-electron chi connectivity index (χ3n) is 6.65. The highest BCUT2D eigenvalue weighted by Gasteiger charge is 2.38. The smallest absolute Gasteiger partial charge is 0.329 e. The predicted octanol–water partition coefficient (Wildman–Crippen LogP) is 3.29. The average molecular weight is 573 g/mol. The highest BCUT2D eigenvalue weighted by molar-refractivity contribution is 5.88. The first kappa shape index (κ1) is 32.0. The molecular formula is C33H40N4O5. The van der Waals surface area contributed by atoms with Gasteiger partial charge in [-0.15, -0.1) is 0 Å². The Morgan fingerprint density at radius 2 is 1.19 bits per heavy atom. The third-order valence-corrected chi connectivity index (χ3v) is 6.65. The van der Waals surface area contributed by atoms with Gasteiger partial charge in [-0.1, -0.05) is 91.0 Å². The second-order valence-electron chi connectivity index (χ2n) is 11.1. The molecule has 0 radical (unpaired) electrons. The molecular weight excluding hydrogens is 532 g/mol.